The average molecular weight is 901 g/mol. The Kier molecular flexibility index (Phi) is 8.70. The number of nitrogens with zero attached hydrogens (tertiary/aromatic N) is 2. The van der Waals surface area contributed by atoms with E-state index in [1.165, 1.54) is 16.6 Å². The number of furan rings is 4. The third-order valence-corrected chi connectivity index (χ3v) is 15.2. The first kappa shape index (κ1) is 41.5. The highest BCUT2D eigenvalue weighted by molar-refractivity contribution is 7.02. The van der Waals surface area contributed by atoms with Crippen molar-refractivity contribution >= 4 is 101 Å². The van der Waals surface area contributed by atoms with Gasteiger partial charge in [-0.25, -0.2) is 0 Å². The van der Waals surface area contributed by atoms with Crippen molar-refractivity contribution in [1.82, 2.24) is 0 Å². The van der Waals surface area contributed by atoms with Gasteiger partial charge in [-0.3, -0.25) is 9.80 Å². The van der Waals surface area contributed by atoms with Crippen molar-refractivity contribution in [2.75, 3.05) is 9.80 Å². The molecule has 2 aliphatic rings. The minimum absolute atomic E-state index is 0.0938. The molecule has 338 valence electrons. The summed E-state index contributed by atoms with van der Waals surface area (Å²) >= 11 is 0. The summed E-state index contributed by atoms with van der Waals surface area (Å²) in [4.78, 5) is 4.86. The topological polar surface area (TPSA) is 59.0 Å². The second-order valence-electron chi connectivity index (χ2n) is 21.5. The monoisotopic (exact) mass is 900 g/mol. The molecule has 0 radical (unpaired) electrons. The van der Waals surface area contributed by atoms with Gasteiger partial charge in [0.1, 0.15) is 22.3 Å². The zero-order valence-electron chi connectivity index (χ0n) is 40.9. The fraction of sp³-hybridized carbons (Fsp3) is 0.194. The van der Waals surface area contributed by atoms with Crippen molar-refractivity contribution in [2.45, 2.75) is 80.1 Å². The van der Waals surface area contributed by atoms with Crippen molar-refractivity contribution in [3.8, 4) is 22.3 Å². The van der Waals surface area contributed by atoms with Gasteiger partial charge in [0, 0.05) is 55.0 Å². The Balaban J connectivity index is 1.16. The van der Waals surface area contributed by atoms with Crippen LogP contribution in [0.2, 0.25) is 0 Å². The maximum absolute atomic E-state index is 7.37. The highest BCUT2D eigenvalue weighted by Crippen LogP contribution is 2.52. The van der Waals surface area contributed by atoms with Crippen molar-refractivity contribution in [3.63, 3.8) is 0 Å². The molecule has 7 aromatic carbocycles. The summed E-state index contributed by atoms with van der Waals surface area (Å²) in [7, 11) is 0. The Morgan fingerprint density at radius 2 is 0.841 bits per heavy atom. The average Bonchev–Trinajstić information content (AvgIpc) is 4.13. The van der Waals surface area contributed by atoms with Crippen molar-refractivity contribution in [3.05, 3.63) is 173 Å². The smallest absolute Gasteiger partial charge is 0.262 e. The first-order chi connectivity index (χ1) is 33.2. The number of para-hydroxylation sites is 2. The van der Waals surface area contributed by atoms with Crippen LogP contribution >= 0.6 is 0 Å². The van der Waals surface area contributed by atoms with Gasteiger partial charge in [-0.15, -0.1) is 0 Å². The molecule has 0 atom stereocenters. The molecule has 0 unspecified atom stereocenters. The summed E-state index contributed by atoms with van der Waals surface area (Å²) in [5, 5.41) is 4.40. The number of hydrogen-bond donors (Lipinski definition) is 0. The number of aryl methyl sites for hydroxylation is 2. The number of hydrogen-bond acceptors (Lipinski definition) is 6. The Hall–Kier alpha value is -7.64. The molecule has 7 heteroatoms. The van der Waals surface area contributed by atoms with Gasteiger partial charge in [0.25, 0.3) is 6.71 Å². The molecular formula is C62H53BN2O4. The molecule has 69 heavy (non-hydrogen) atoms. The SMILES string of the molecule is Cc1ccc(-c2coc3ccccc23)c(C)c1N1c2cccc3c2B(c2c1oc1ccc(C(C)(C)C)cc21)c1c(oc2ccc(C(C)(C)C)cc12)N3c1c(C)ccc(-c2coc3ccccc23)c1C. The van der Waals surface area contributed by atoms with Crippen LogP contribution in [0, 0.1) is 27.7 Å². The second kappa shape index (κ2) is 14.4. The quantitative estimate of drug-likeness (QED) is 0.164. The van der Waals surface area contributed by atoms with E-state index in [0.29, 0.717) is 0 Å². The first-order valence-electron chi connectivity index (χ1n) is 24.2. The fourth-order valence-corrected chi connectivity index (χ4v) is 11.7. The molecule has 0 aliphatic carbocycles. The van der Waals surface area contributed by atoms with E-state index in [1.807, 2.05) is 36.8 Å². The maximum atomic E-state index is 7.37. The summed E-state index contributed by atoms with van der Waals surface area (Å²) in [5.41, 5.74) is 22.6. The van der Waals surface area contributed by atoms with Gasteiger partial charge in [0.05, 0.1) is 23.9 Å². The van der Waals surface area contributed by atoms with E-state index in [-0.39, 0.29) is 17.5 Å². The minimum atomic E-state index is -0.232. The summed E-state index contributed by atoms with van der Waals surface area (Å²) in [5.74, 6) is 1.65. The Bertz CT molecular complexity index is 3700. The minimum Gasteiger partial charge on any atom is -0.464 e. The molecule has 4 aromatic heterocycles. The van der Waals surface area contributed by atoms with E-state index in [4.69, 9.17) is 17.7 Å². The van der Waals surface area contributed by atoms with Crippen molar-refractivity contribution in [1.29, 1.82) is 0 Å². The fourth-order valence-electron chi connectivity index (χ4n) is 11.7. The molecule has 6 nitrogen and oxygen atoms in total. The van der Waals surface area contributed by atoms with Crippen LogP contribution in [0.15, 0.2) is 158 Å². The van der Waals surface area contributed by atoms with E-state index >= 15 is 0 Å². The molecule has 0 N–H and O–H groups in total. The molecule has 0 saturated carbocycles. The molecule has 0 fully saturated rings. The van der Waals surface area contributed by atoms with Crippen LogP contribution < -0.4 is 26.2 Å². The van der Waals surface area contributed by atoms with Gasteiger partial charge >= 0.3 is 0 Å². The van der Waals surface area contributed by atoms with Gasteiger partial charge in [0.15, 0.2) is 0 Å². The van der Waals surface area contributed by atoms with E-state index in [1.54, 1.807) is 0 Å². The predicted octanol–water partition coefficient (Wildman–Crippen LogP) is 15.9. The van der Waals surface area contributed by atoms with Crippen LogP contribution in [0.4, 0.5) is 34.5 Å². The zero-order chi connectivity index (χ0) is 47.4. The van der Waals surface area contributed by atoms with E-state index in [0.717, 1.165) is 134 Å². The van der Waals surface area contributed by atoms with E-state index < -0.39 is 0 Å². The summed E-state index contributed by atoms with van der Waals surface area (Å²) < 4.78 is 27.1. The van der Waals surface area contributed by atoms with Crippen LogP contribution in [-0.2, 0) is 10.8 Å². The highest BCUT2D eigenvalue weighted by atomic mass is 16.4. The lowest BCUT2D eigenvalue weighted by Crippen LogP contribution is -2.61. The lowest BCUT2D eigenvalue weighted by molar-refractivity contribution is 0.589. The van der Waals surface area contributed by atoms with Crippen LogP contribution in [0.5, 0.6) is 0 Å². The maximum Gasteiger partial charge on any atom is 0.262 e. The normalized spacial score (nSPS) is 13.6. The molecule has 6 heterocycles. The highest BCUT2D eigenvalue weighted by Gasteiger charge is 2.49. The number of fused-ring (bicyclic) bond motifs is 10. The van der Waals surface area contributed by atoms with Gasteiger partial charge in [-0.1, -0.05) is 120 Å². The standard InChI is InChI=1S/C62H53BN2O4/c1-34-22-26-40(46-32-66-50-20-13-11-16-42(46)50)36(3)57(34)64-48-18-15-19-49-56(48)63(54-44-30-38(61(5,6)7)24-28-52(44)68-59(54)64)55-45-31-39(62(8,9)10)25-29-53(45)69-60(55)65(49)58-35(2)23-27-41(37(58)4)47-33-67-51-21-14-12-17-43(47)51/h11-33H,1-10H3. The molecule has 11 aromatic rings. The molecule has 0 spiro atoms. The Morgan fingerprint density at radius 1 is 0.406 bits per heavy atom. The van der Waals surface area contributed by atoms with E-state index in [9.17, 15) is 0 Å². The van der Waals surface area contributed by atoms with Crippen molar-refractivity contribution < 1.29 is 17.7 Å². The number of rotatable bonds is 4. The van der Waals surface area contributed by atoms with Crippen LogP contribution in [0.25, 0.3) is 66.1 Å². The Labute approximate surface area is 402 Å². The summed E-state index contributed by atoms with van der Waals surface area (Å²) in [6, 6.07) is 46.0. The lowest BCUT2D eigenvalue weighted by atomic mass is 9.33. The molecule has 0 amide bonds. The second-order valence-corrected chi connectivity index (χ2v) is 21.5. The summed E-state index contributed by atoms with van der Waals surface area (Å²) in [6.07, 6.45) is 3.81. The lowest BCUT2D eigenvalue weighted by Gasteiger charge is -2.42. The van der Waals surface area contributed by atoms with Gasteiger partial charge < -0.3 is 17.7 Å². The van der Waals surface area contributed by atoms with E-state index in [2.05, 4.69) is 182 Å². The number of anilines is 6. The summed E-state index contributed by atoms with van der Waals surface area (Å²) in [6.45, 7) is 22.5. The van der Waals surface area contributed by atoms with Gasteiger partial charge in [-0.05, 0) is 137 Å². The van der Waals surface area contributed by atoms with Gasteiger partial charge in [0.2, 0.25) is 11.8 Å². The zero-order valence-corrected chi connectivity index (χ0v) is 40.9. The van der Waals surface area contributed by atoms with Crippen molar-refractivity contribution in [2.24, 2.45) is 0 Å². The molecule has 2 aliphatic heterocycles. The predicted molar refractivity (Wildman–Crippen MR) is 287 cm³/mol. The van der Waals surface area contributed by atoms with Crippen LogP contribution in [-0.4, -0.2) is 6.71 Å². The van der Waals surface area contributed by atoms with Crippen LogP contribution in [0.3, 0.4) is 0 Å². The largest absolute Gasteiger partial charge is 0.464 e. The molecule has 13 rings (SSSR count). The third kappa shape index (κ3) is 5.92. The first-order valence-corrected chi connectivity index (χ1v) is 24.2. The third-order valence-electron chi connectivity index (χ3n) is 15.2. The Morgan fingerprint density at radius 3 is 1.28 bits per heavy atom. The molecule has 0 saturated heterocycles. The van der Waals surface area contributed by atoms with Crippen LogP contribution in [0.1, 0.15) is 74.9 Å². The molecular weight excluding hydrogens is 848 g/mol. The number of benzene rings is 7. The van der Waals surface area contributed by atoms with Gasteiger partial charge in [-0.2, -0.15) is 0 Å². The molecule has 0 bridgehead atoms.